The van der Waals surface area contributed by atoms with Crippen molar-refractivity contribution in [1.29, 1.82) is 0 Å². The van der Waals surface area contributed by atoms with Crippen molar-refractivity contribution >= 4 is 5.57 Å². The van der Waals surface area contributed by atoms with Crippen molar-refractivity contribution in [2.45, 2.75) is 6.42 Å². The molecule has 2 rings (SSSR count). The van der Waals surface area contributed by atoms with Crippen molar-refractivity contribution in [3.05, 3.63) is 54.2 Å². The summed E-state index contributed by atoms with van der Waals surface area (Å²) in [5.74, 6) is 1.79. The van der Waals surface area contributed by atoms with Gasteiger partial charge in [0, 0.05) is 12.0 Å². The Balaban J connectivity index is 2.41. The van der Waals surface area contributed by atoms with Gasteiger partial charge in [0.1, 0.15) is 11.5 Å². The fourth-order valence-corrected chi connectivity index (χ4v) is 1.78. The predicted octanol–water partition coefficient (Wildman–Crippen LogP) is 3.22. The van der Waals surface area contributed by atoms with Gasteiger partial charge in [0.2, 0.25) is 0 Å². The van der Waals surface area contributed by atoms with Crippen molar-refractivity contribution in [1.82, 2.24) is 0 Å². The summed E-state index contributed by atoms with van der Waals surface area (Å²) in [6.45, 7) is 0. The van der Waals surface area contributed by atoms with E-state index >= 15 is 0 Å². The van der Waals surface area contributed by atoms with Gasteiger partial charge >= 0.3 is 0 Å². The molecule has 0 N–H and O–H groups in total. The zero-order valence-electron chi connectivity index (χ0n) is 9.57. The Hall–Kier alpha value is -1.70. The van der Waals surface area contributed by atoms with Crippen LogP contribution in [0.15, 0.2) is 42.2 Å². The molecule has 1 aliphatic carbocycles. The molecule has 2 heteroatoms. The van der Waals surface area contributed by atoms with E-state index in [-0.39, 0.29) is 0 Å². The Labute approximate surface area is 96.2 Å². The van der Waals surface area contributed by atoms with Crippen molar-refractivity contribution in [3.8, 4) is 5.75 Å². The number of hydrogen-bond acceptors (Lipinski definition) is 2. The fraction of sp³-hybridized carbons (Fsp3) is 0.214. The Morgan fingerprint density at radius 1 is 1.12 bits per heavy atom. The smallest absolute Gasteiger partial charge is 0.119 e. The molecule has 0 aromatic heterocycles. The highest BCUT2D eigenvalue weighted by atomic mass is 16.5. The molecule has 0 heterocycles. The van der Waals surface area contributed by atoms with Gasteiger partial charge in [0.15, 0.2) is 0 Å². The van der Waals surface area contributed by atoms with Crippen molar-refractivity contribution in [3.63, 3.8) is 0 Å². The van der Waals surface area contributed by atoms with Crippen molar-refractivity contribution in [2.24, 2.45) is 0 Å². The molecule has 1 radical (unpaired) electrons. The minimum absolute atomic E-state index is 0.861. The highest BCUT2D eigenvalue weighted by Crippen LogP contribution is 2.29. The van der Waals surface area contributed by atoms with Gasteiger partial charge in [-0.1, -0.05) is 24.3 Å². The second-order valence-corrected chi connectivity index (χ2v) is 3.56. The monoisotopic (exact) mass is 215 g/mol. The lowest BCUT2D eigenvalue weighted by atomic mass is 9.98. The summed E-state index contributed by atoms with van der Waals surface area (Å²) < 4.78 is 10.6. The number of rotatable bonds is 3. The summed E-state index contributed by atoms with van der Waals surface area (Å²) in [6.07, 6.45) is 7.22. The highest BCUT2D eigenvalue weighted by molar-refractivity contribution is 5.78. The second kappa shape index (κ2) is 4.88. The van der Waals surface area contributed by atoms with Crippen LogP contribution in [0.4, 0.5) is 0 Å². The number of benzene rings is 1. The van der Waals surface area contributed by atoms with E-state index in [0.29, 0.717) is 0 Å². The molecule has 0 fully saturated rings. The summed E-state index contributed by atoms with van der Waals surface area (Å²) in [6, 6.07) is 7.99. The first-order valence-electron chi connectivity index (χ1n) is 5.27. The van der Waals surface area contributed by atoms with Crippen LogP contribution in [0.25, 0.3) is 5.57 Å². The van der Waals surface area contributed by atoms with Gasteiger partial charge < -0.3 is 9.47 Å². The van der Waals surface area contributed by atoms with Gasteiger partial charge in [-0.2, -0.15) is 0 Å². The molecule has 0 saturated carbocycles. The molecule has 0 amide bonds. The minimum Gasteiger partial charge on any atom is -0.500 e. The third-order valence-electron chi connectivity index (χ3n) is 2.59. The maximum atomic E-state index is 5.36. The van der Waals surface area contributed by atoms with E-state index in [0.717, 1.165) is 29.1 Å². The van der Waals surface area contributed by atoms with Gasteiger partial charge in [-0.05, 0) is 24.1 Å². The molecule has 0 spiro atoms. The third kappa shape index (κ3) is 2.11. The SMILES string of the molecule is COC1=C(c2cccc(OC)c2)C=CC[CH]1. The van der Waals surface area contributed by atoms with Crippen LogP contribution in [0, 0.1) is 6.42 Å². The summed E-state index contributed by atoms with van der Waals surface area (Å²) in [4.78, 5) is 0. The molecule has 0 unspecified atom stereocenters. The van der Waals surface area contributed by atoms with Crippen LogP contribution in [0.2, 0.25) is 0 Å². The molecular weight excluding hydrogens is 200 g/mol. The summed E-state index contributed by atoms with van der Waals surface area (Å²) in [5, 5.41) is 0. The largest absolute Gasteiger partial charge is 0.500 e. The molecule has 0 saturated heterocycles. The lowest BCUT2D eigenvalue weighted by molar-refractivity contribution is 0.299. The standard InChI is InChI=1S/C14H15O2/c1-15-12-7-5-6-11(10-12)13-8-3-4-9-14(13)16-2/h3,5-10H,4H2,1-2H3. The number of ether oxygens (including phenoxy) is 2. The first-order chi connectivity index (χ1) is 7.85. The van der Waals surface area contributed by atoms with Gasteiger partial charge in [-0.3, -0.25) is 0 Å². The number of hydrogen-bond donors (Lipinski definition) is 0. The van der Waals surface area contributed by atoms with Crippen LogP contribution in [0.1, 0.15) is 12.0 Å². The zero-order chi connectivity index (χ0) is 11.4. The van der Waals surface area contributed by atoms with Gasteiger partial charge in [0.05, 0.1) is 14.2 Å². The fourth-order valence-electron chi connectivity index (χ4n) is 1.78. The Morgan fingerprint density at radius 3 is 2.75 bits per heavy atom. The van der Waals surface area contributed by atoms with E-state index in [1.54, 1.807) is 14.2 Å². The Morgan fingerprint density at radius 2 is 2.00 bits per heavy atom. The van der Waals surface area contributed by atoms with Crippen molar-refractivity contribution in [2.75, 3.05) is 14.2 Å². The zero-order valence-corrected chi connectivity index (χ0v) is 9.57. The topological polar surface area (TPSA) is 18.5 Å². The van der Waals surface area contributed by atoms with E-state index in [9.17, 15) is 0 Å². The van der Waals surface area contributed by atoms with Crippen LogP contribution in [-0.2, 0) is 4.74 Å². The maximum absolute atomic E-state index is 5.36. The lowest BCUT2D eigenvalue weighted by Gasteiger charge is -2.15. The van der Waals surface area contributed by atoms with E-state index in [1.807, 2.05) is 18.2 Å². The maximum Gasteiger partial charge on any atom is 0.119 e. The first kappa shape index (κ1) is 10.8. The van der Waals surface area contributed by atoms with Crippen LogP contribution >= 0.6 is 0 Å². The van der Waals surface area contributed by atoms with Gasteiger partial charge in [-0.25, -0.2) is 0 Å². The molecular formula is C14H15O2. The van der Waals surface area contributed by atoms with Crippen LogP contribution in [0.5, 0.6) is 5.75 Å². The van der Waals surface area contributed by atoms with Gasteiger partial charge in [-0.15, -0.1) is 0 Å². The molecule has 0 aliphatic heterocycles. The molecule has 16 heavy (non-hydrogen) atoms. The normalized spacial score (nSPS) is 15.1. The number of methoxy groups -OCH3 is 2. The van der Waals surface area contributed by atoms with Crippen LogP contribution in [-0.4, -0.2) is 14.2 Å². The second-order valence-electron chi connectivity index (χ2n) is 3.56. The molecule has 1 aromatic carbocycles. The number of allylic oxidation sites excluding steroid dienone is 4. The molecule has 0 bridgehead atoms. The average molecular weight is 215 g/mol. The summed E-state index contributed by atoms with van der Waals surface area (Å²) in [5.41, 5.74) is 2.22. The Kier molecular flexibility index (Phi) is 3.30. The lowest BCUT2D eigenvalue weighted by Crippen LogP contribution is -1.98. The average Bonchev–Trinajstić information content (AvgIpc) is 2.38. The van der Waals surface area contributed by atoms with E-state index < -0.39 is 0 Å². The summed E-state index contributed by atoms with van der Waals surface area (Å²) in [7, 11) is 3.37. The van der Waals surface area contributed by atoms with E-state index in [4.69, 9.17) is 9.47 Å². The quantitative estimate of drug-likeness (QED) is 0.770. The van der Waals surface area contributed by atoms with E-state index in [2.05, 4.69) is 24.6 Å². The molecule has 1 aliphatic rings. The van der Waals surface area contributed by atoms with Crippen LogP contribution in [0.3, 0.4) is 0 Å². The molecule has 0 atom stereocenters. The first-order valence-corrected chi connectivity index (χ1v) is 5.27. The summed E-state index contributed by atoms with van der Waals surface area (Å²) >= 11 is 0. The third-order valence-corrected chi connectivity index (χ3v) is 2.59. The highest BCUT2D eigenvalue weighted by Gasteiger charge is 2.11. The molecule has 83 valence electrons. The minimum atomic E-state index is 0.861. The van der Waals surface area contributed by atoms with Crippen LogP contribution < -0.4 is 4.74 Å². The molecule has 1 aromatic rings. The van der Waals surface area contributed by atoms with Gasteiger partial charge in [0.25, 0.3) is 0 Å². The van der Waals surface area contributed by atoms with E-state index in [1.165, 1.54) is 0 Å². The van der Waals surface area contributed by atoms with Crippen molar-refractivity contribution < 1.29 is 9.47 Å². The Bertz CT molecular complexity index is 430. The molecule has 2 nitrogen and oxygen atoms in total. The predicted molar refractivity (Wildman–Crippen MR) is 65.0 cm³/mol.